The predicted octanol–water partition coefficient (Wildman–Crippen LogP) is 5.12. The SMILES string of the molecule is CN(C(=O)c1cccc(-n2nc(C(F)(F)F)cc2OCC23CC(C(=O)O)(C2)C3)c1)c1ccc2c(c1)OC(F)(F)O2. The van der Waals surface area contributed by atoms with Crippen LogP contribution in [0.2, 0.25) is 0 Å². The Morgan fingerprint density at radius 1 is 1.07 bits per heavy atom. The third-order valence-electron chi connectivity index (χ3n) is 7.50. The van der Waals surface area contributed by atoms with E-state index in [9.17, 15) is 36.6 Å². The second-order valence-corrected chi connectivity index (χ2v) is 10.4. The van der Waals surface area contributed by atoms with Crippen molar-refractivity contribution in [1.82, 2.24) is 9.78 Å². The van der Waals surface area contributed by atoms with Crippen LogP contribution in [0.15, 0.2) is 48.5 Å². The van der Waals surface area contributed by atoms with Crippen molar-refractivity contribution in [2.75, 3.05) is 18.6 Å². The normalized spacial score (nSPS) is 23.6. The van der Waals surface area contributed by atoms with E-state index in [4.69, 9.17) is 4.74 Å². The molecule has 2 bridgehead atoms. The number of aliphatic carboxylic acids is 1. The van der Waals surface area contributed by atoms with E-state index in [1.54, 1.807) is 0 Å². The fourth-order valence-corrected chi connectivity index (χ4v) is 5.62. The monoisotopic (exact) mass is 565 g/mol. The number of carboxylic acid groups (broad SMARTS) is 1. The molecule has 1 aliphatic heterocycles. The van der Waals surface area contributed by atoms with Crippen molar-refractivity contribution in [3.05, 3.63) is 59.8 Å². The Morgan fingerprint density at radius 2 is 1.77 bits per heavy atom. The second kappa shape index (κ2) is 8.32. The Balaban J connectivity index is 1.24. The molecule has 1 amide bonds. The Bertz CT molecular complexity index is 1530. The summed E-state index contributed by atoms with van der Waals surface area (Å²) >= 11 is 0. The number of amides is 1. The fraction of sp³-hybridized carbons (Fsp3) is 0.346. The molecule has 2 aromatic carbocycles. The molecule has 4 aliphatic rings. The molecular weight excluding hydrogens is 545 g/mol. The second-order valence-electron chi connectivity index (χ2n) is 10.4. The first-order valence-electron chi connectivity index (χ1n) is 12.0. The lowest BCUT2D eigenvalue weighted by Gasteiger charge is -2.67. The van der Waals surface area contributed by atoms with E-state index in [2.05, 4.69) is 14.6 Å². The number of halogens is 5. The van der Waals surface area contributed by atoms with Crippen LogP contribution in [0.1, 0.15) is 35.3 Å². The number of nitrogens with zero attached hydrogens (tertiary/aromatic N) is 3. The number of carbonyl (C=O) groups excluding carboxylic acids is 1. The zero-order chi connectivity index (χ0) is 28.7. The van der Waals surface area contributed by atoms with Gasteiger partial charge in [-0.05, 0) is 49.6 Å². The molecular formula is C26H20F5N3O6. The van der Waals surface area contributed by atoms with Gasteiger partial charge in [0, 0.05) is 35.8 Å². The highest BCUT2D eigenvalue weighted by molar-refractivity contribution is 6.06. The molecule has 210 valence electrons. The lowest BCUT2D eigenvalue weighted by molar-refractivity contribution is -0.286. The average Bonchev–Trinajstić information content (AvgIpc) is 3.40. The Labute approximate surface area is 222 Å². The van der Waals surface area contributed by atoms with Crippen LogP contribution in [0.3, 0.4) is 0 Å². The largest absolute Gasteiger partial charge is 0.586 e. The summed E-state index contributed by atoms with van der Waals surface area (Å²) in [5.41, 5.74) is -1.99. The third-order valence-corrected chi connectivity index (χ3v) is 7.50. The highest BCUT2D eigenvalue weighted by Gasteiger charge is 2.72. The molecule has 9 nitrogen and oxygen atoms in total. The van der Waals surface area contributed by atoms with Crippen molar-refractivity contribution in [2.45, 2.75) is 31.7 Å². The zero-order valence-corrected chi connectivity index (χ0v) is 20.7. The number of benzene rings is 2. The first kappa shape index (κ1) is 25.9. The minimum Gasteiger partial charge on any atom is -0.481 e. The van der Waals surface area contributed by atoms with Crippen molar-refractivity contribution < 1.29 is 50.9 Å². The number of hydrogen-bond acceptors (Lipinski definition) is 6. The number of alkyl halides is 5. The van der Waals surface area contributed by atoms with Crippen molar-refractivity contribution >= 4 is 17.6 Å². The molecule has 40 heavy (non-hydrogen) atoms. The summed E-state index contributed by atoms with van der Waals surface area (Å²) in [5, 5.41) is 13.0. The van der Waals surface area contributed by atoms with Gasteiger partial charge in [0.2, 0.25) is 5.88 Å². The number of carboxylic acids is 1. The van der Waals surface area contributed by atoms with E-state index in [-0.39, 0.29) is 40.9 Å². The molecule has 1 aromatic heterocycles. The summed E-state index contributed by atoms with van der Waals surface area (Å²) in [4.78, 5) is 25.7. The van der Waals surface area contributed by atoms with Crippen LogP contribution in [-0.4, -0.2) is 46.7 Å². The van der Waals surface area contributed by atoms with Gasteiger partial charge in [-0.3, -0.25) is 9.59 Å². The fourth-order valence-electron chi connectivity index (χ4n) is 5.62. The van der Waals surface area contributed by atoms with Crippen LogP contribution in [-0.2, 0) is 11.0 Å². The molecule has 0 saturated heterocycles. The van der Waals surface area contributed by atoms with E-state index in [0.29, 0.717) is 19.3 Å². The lowest BCUT2D eigenvalue weighted by Crippen LogP contribution is -2.67. The minimum absolute atomic E-state index is 0.0234. The van der Waals surface area contributed by atoms with Gasteiger partial charge in [0.15, 0.2) is 17.2 Å². The minimum atomic E-state index is -4.77. The van der Waals surface area contributed by atoms with Crippen molar-refractivity contribution in [1.29, 1.82) is 0 Å². The molecule has 0 spiro atoms. The van der Waals surface area contributed by atoms with Gasteiger partial charge >= 0.3 is 18.4 Å². The van der Waals surface area contributed by atoms with Crippen LogP contribution < -0.4 is 19.1 Å². The summed E-state index contributed by atoms with van der Waals surface area (Å²) < 4.78 is 82.7. The molecule has 0 atom stereocenters. The molecule has 7 rings (SSSR count). The Morgan fingerprint density at radius 3 is 2.45 bits per heavy atom. The van der Waals surface area contributed by atoms with Crippen molar-refractivity contribution in [3.8, 4) is 23.1 Å². The highest BCUT2D eigenvalue weighted by atomic mass is 19.4. The summed E-state index contributed by atoms with van der Waals surface area (Å²) in [7, 11) is 1.39. The van der Waals surface area contributed by atoms with E-state index in [0.717, 1.165) is 15.6 Å². The maximum absolute atomic E-state index is 13.5. The summed E-state index contributed by atoms with van der Waals surface area (Å²) in [6.45, 7) is 0.0234. The van der Waals surface area contributed by atoms with Gasteiger partial charge < -0.3 is 24.2 Å². The standard InChI is InChI=1S/C26H20F5N3O6/c1-33(15-5-6-17-18(8-15)40-26(30,31)39-17)21(35)14-3-2-4-16(7-14)34-20(9-19(32-34)25(27,28)29)38-13-23-10-24(11-23,12-23)22(36)37/h2-9H,10-13H2,1H3,(H,36,37). The molecule has 3 fully saturated rings. The molecule has 2 heterocycles. The number of ether oxygens (including phenoxy) is 3. The number of rotatable bonds is 7. The van der Waals surface area contributed by atoms with Crippen LogP contribution in [0.25, 0.3) is 5.69 Å². The topological polar surface area (TPSA) is 103 Å². The van der Waals surface area contributed by atoms with Gasteiger partial charge in [-0.2, -0.15) is 18.3 Å². The third kappa shape index (κ3) is 4.18. The Hall–Kier alpha value is -4.36. The van der Waals surface area contributed by atoms with Gasteiger partial charge in [-0.25, -0.2) is 4.68 Å². The smallest absolute Gasteiger partial charge is 0.481 e. The van der Waals surface area contributed by atoms with Crippen LogP contribution >= 0.6 is 0 Å². The van der Waals surface area contributed by atoms with Gasteiger partial charge in [0.1, 0.15) is 0 Å². The summed E-state index contributed by atoms with van der Waals surface area (Å²) in [6.07, 6.45) is -7.42. The molecule has 1 N–H and O–H groups in total. The lowest BCUT2D eigenvalue weighted by atomic mass is 9.35. The van der Waals surface area contributed by atoms with Gasteiger partial charge in [0.05, 0.1) is 17.7 Å². The Kier molecular flexibility index (Phi) is 5.39. The van der Waals surface area contributed by atoms with Crippen molar-refractivity contribution in [3.63, 3.8) is 0 Å². The zero-order valence-electron chi connectivity index (χ0n) is 20.7. The quantitative estimate of drug-likeness (QED) is 0.397. The summed E-state index contributed by atoms with van der Waals surface area (Å²) in [5.74, 6) is -2.14. The molecule has 3 aliphatic carbocycles. The predicted molar refractivity (Wildman–Crippen MR) is 126 cm³/mol. The number of anilines is 1. The van der Waals surface area contributed by atoms with E-state index >= 15 is 0 Å². The highest BCUT2D eigenvalue weighted by Crippen LogP contribution is 2.73. The van der Waals surface area contributed by atoms with Crippen LogP contribution in [0, 0.1) is 10.8 Å². The number of fused-ring (bicyclic) bond motifs is 1. The molecule has 14 heteroatoms. The molecule has 3 aromatic rings. The van der Waals surface area contributed by atoms with Crippen molar-refractivity contribution in [2.24, 2.45) is 10.8 Å². The molecule has 3 saturated carbocycles. The molecule has 0 radical (unpaired) electrons. The maximum atomic E-state index is 13.5. The van der Waals surface area contributed by atoms with E-state index in [1.165, 1.54) is 49.5 Å². The number of carbonyl (C=O) groups is 2. The first-order valence-corrected chi connectivity index (χ1v) is 12.0. The van der Waals surface area contributed by atoms with Crippen LogP contribution in [0.5, 0.6) is 17.4 Å². The first-order chi connectivity index (χ1) is 18.7. The van der Waals surface area contributed by atoms with Gasteiger partial charge in [-0.15, -0.1) is 8.78 Å². The van der Waals surface area contributed by atoms with Gasteiger partial charge in [-0.1, -0.05) is 6.07 Å². The van der Waals surface area contributed by atoms with E-state index in [1.807, 2.05) is 0 Å². The summed E-state index contributed by atoms with van der Waals surface area (Å²) in [6, 6.07) is 10.2. The average molecular weight is 565 g/mol. The molecule has 0 unspecified atom stereocenters. The maximum Gasteiger partial charge on any atom is 0.586 e. The number of aromatic nitrogens is 2. The van der Waals surface area contributed by atoms with E-state index < -0.39 is 40.9 Å². The number of hydrogen-bond donors (Lipinski definition) is 1. The van der Waals surface area contributed by atoms with Gasteiger partial charge in [0.25, 0.3) is 5.91 Å². The van der Waals surface area contributed by atoms with Crippen LogP contribution in [0.4, 0.5) is 27.6 Å².